The van der Waals surface area contributed by atoms with Crippen molar-refractivity contribution < 1.29 is 8.42 Å². The molecule has 1 N–H and O–H groups in total. The van der Waals surface area contributed by atoms with Gasteiger partial charge in [0.2, 0.25) is 10.0 Å². The van der Waals surface area contributed by atoms with E-state index in [4.69, 9.17) is 11.6 Å². The monoisotopic (exact) mass is 358 g/mol. The topological polar surface area (TPSA) is 59.1 Å². The van der Waals surface area contributed by atoms with Crippen molar-refractivity contribution in [2.45, 2.75) is 11.4 Å². The fourth-order valence-electron chi connectivity index (χ4n) is 2.23. The zero-order valence-electron chi connectivity index (χ0n) is 12.7. The summed E-state index contributed by atoms with van der Waals surface area (Å²) >= 11 is 5.89. The van der Waals surface area contributed by atoms with Gasteiger partial charge in [-0.25, -0.2) is 13.1 Å². The van der Waals surface area contributed by atoms with Crippen molar-refractivity contribution in [1.29, 1.82) is 0 Å². The SMILES string of the molecule is O=S(=O)(NCc1ccc(-c2ccc(Cl)cc2)cc1)c1cccnc1. The van der Waals surface area contributed by atoms with E-state index in [-0.39, 0.29) is 11.4 Å². The van der Waals surface area contributed by atoms with Crippen LogP contribution < -0.4 is 4.72 Å². The van der Waals surface area contributed by atoms with Crippen LogP contribution in [0.2, 0.25) is 5.02 Å². The van der Waals surface area contributed by atoms with Gasteiger partial charge in [0.25, 0.3) is 0 Å². The molecular weight excluding hydrogens is 344 g/mol. The molecule has 0 unspecified atom stereocenters. The van der Waals surface area contributed by atoms with Crippen LogP contribution in [0.5, 0.6) is 0 Å². The van der Waals surface area contributed by atoms with E-state index in [2.05, 4.69) is 9.71 Å². The quantitative estimate of drug-likeness (QED) is 0.753. The van der Waals surface area contributed by atoms with Crippen molar-refractivity contribution in [2.24, 2.45) is 0 Å². The number of aromatic nitrogens is 1. The first-order valence-electron chi connectivity index (χ1n) is 7.29. The van der Waals surface area contributed by atoms with Crippen molar-refractivity contribution in [3.63, 3.8) is 0 Å². The minimum Gasteiger partial charge on any atom is -0.263 e. The predicted molar refractivity (Wildman–Crippen MR) is 95.2 cm³/mol. The Balaban J connectivity index is 1.70. The smallest absolute Gasteiger partial charge is 0.242 e. The van der Waals surface area contributed by atoms with Gasteiger partial charge in [0.1, 0.15) is 4.90 Å². The Morgan fingerprint density at radius 2 is 1.54 bits per heavy atom. The highest BCUT2D eigenvalue weighted by atomic mass is 35.5. The molecule has 0 aliphatic carbocycles. The number of hydrogen-bond acceptors (Lipinski definition) is 3. The third kappa shape index (κ3) is 4.00. The van der Waals surface area contributed by atoms with Crippen molar-refractivity contribution in [3.05, 3.63) is 83.6 Å². The van der Waals surface area contributed by atoms with Crippen LogP contribution in [-0.4, -0.2) is 13.4 Å². The van der Waals surface area contributed by atoms with E-state index in [9.17, 15) is 8.42 Å². The second kappa shape index (κ2) is 7.13. The second-order valence-corrected chi connectivity index (χ2v) is 7.42. The lowest BCUT2D eigenvalue weighted by molar-refractivity contribution is 0.581. The van der Waals surface area contributed by atoms with Crippen LogP contribution in [0.15, 0.2) is 78.0 Å². The maximum Gasteiger partial charge on any atom is 0.242 e. The van der Waals surface area contributed by atoms with Gasteiger partial charge in [-0.2, -0.15) is 0 Å². The number of halogens is 1. The first-order chi connectivity index (χ1) is 11.5. The van der Waals surface area contributed by atoms with E-state index in [1.54, 1.807) is 6.07 Å². The van der Waals surface area contributed by atoms with Gasteiger partial charge in [0.15, 0.2) is 0 Å². The van der Waals surface area contributed by atoms with Gasteiger partial charge in [0.05, 0.1) is 0 Å². The summed E-state index contributed by atoms with van der Waals surface area (Å²) in [6.07, 6.45) is 2.86. The minimum atomic E-state index is -3.55. The lowest BCUT2D eigenvalue weighted by Crippen LogP contribution is -2.23. The number of pyridine rings is 1. The van der Waals surface area contributed by atoms with Crippen molar-refractivity contribution >= 4 is 21.6 Å². The molecular formula is C18H15ClN2O2S. The molecule has 0 aliphatic rings. The standard InChI is InChI=1S/C18H15ClN2O2S/c19-17-9-7-16(8-10-17)15-5-3-14(4-6-15)12-21-24(22,23)18-2-1-11-20-13-18/h1-11,13,21H,12H2. The normalized spacial score (nSPS) is 11.4. The molecule has 0 fully saturated rings. The molecule has 0 radical (unpaired) electrons. The van der Waals surface area contributed by atoms with E-state index < -0.39 is 10.0 Å². The van der Waals surface area contributed by atoms with Gasteiger partial charge in [-0.1, -0.05) is 48.0 Å². The molecule has 122 valence electrons. The highest BCUT2D eigenvalue weighted by Gasteiger charge is 2.13. The third-order valence-corrected chi connectivity index (χ3v) is 5.18. The summed E-state index contributed by atoms with van der Waals surface area (Å²) in [7, 11) is -3.55. The maximum atomic E-state index is 12.2. The summed E-state index contributed by atoms with van der Waals surface area (Å²) in [5, 5.41) is 0.695. The van der Waals surface area contributed by atoms with E-state index in [1.807, 2.05) is 48.5 Å². The van der Waals surface area contributed by atoms with Gasteiger partial charge < -0.3 is 0 Å². The van der Waals surface area contributed by atoms with Crippen molar-refractivity contribution in [3.8, 4) is 11.1 Å². The average Bonchev–Trinajstić information content (AvgIpc) is 2.62. The molecule has 4 nitrogen and oxygen atoms in total. The molecule has 0 saturated heterocycles. The van der Waals surface area contributed by atoms with Gasteiger partial charge in [0, 0.05) is 24.0 Å². The fourth-order valence-corrected chi connectivity index (χ4v) is 3.33. The Hall–Kier alpha value is -2.21. The number of nitrogens with zero attached hydrogens (tertiary/aromatic N) is 1. The number of hydrogen-bond donors (Lipinski definition) is 1. The molecule has 0 spiro atoms. The summed E-state index contributed by atoms with van der Waals surface area (Å²) in [6, 6.07) is 18.4. The largest absolute Gasteiger partial charge is 0.263 e. The molecule has 1 heterocycles. The van der Waals surface area contributed by atoms with E-state index in [0.29, 0.717) is 5.02 Å². The van der Waals surface area contributed by atoms with Crippen LogP contribution in [0.25, 0.3) is 11.1 Å². The minimum absolute atomic E-state index is 0.155. The zero-order chi connectivity index (χ0) is 17.0. The summed E-state index contributed by atoms with van der Waals surface area (Å²) in [4.78, 5) is 3.98. The van der Waals surface area contributed by atoms with Crippen LogP contribution in [0.4, 0.5) is 0 Å². The lowest BCUT2D eigenvalue weighted by Gasteiger charge is -2.08. The van der Waals surface area contributed by atoms with E-state index in [1.165, 1.54) is 18.5 Å². The molecule has 0 aliphatic heterocycles. The Morgan fingerprint density at radius 3 is 2.12 bits per heavy atom. The van der Waals surface area contributed by atoms with Crippen LogP contribution >= 0.6 is 11.6 Å². The van der Waals surface area contributed by atoms with E-state index in [0.717, 1.165) is 16.7 Å². The molecule has 24 heavy (non-hydrogen) atoms. The molecule has 0 amide bonds. The lowest BCUT2D eigenvalue weighted by atomic mass is 10.0. The summed E-state index contributed by atoms with van der Waals surface area (Å²) < 4.78 is 26.9. The molecule has 3 rings (SSSR count). The maximum absolute atomic E-state index is 12.2. The average molecular weight is 359 g/mol. The summed E-state index contributed by atoms with van der Waals surface area (Å²) in [5.74, 6) is 0. The Labute approximate surface area is 146 Å². The molecule has 2 aromatic carbocycles. The first-order valence-corrected chi connectivity index (χ1v) is 9.15. The van der Waals surface area contributed by atoms with Crippen LogP contribution in [0, 0.1) is 0 Å². The van der Waals surface area contributed by atoms with Gasteiger partial charge in [-0.05, 0) is 41.0 Å². The number of benzene rings is 2. The molecule has 6 heteroatoms. The van der Waals surface area contributed by atoms with Crippen LogP contribution in [0.3, 0.4) is 0 Å². The van der Waals surface area contributed by atoms with Gasteiger partial charge in [-0.3, -0.25) is 4.98 Å². The third-order valence-electron chi connectivity index (χ3n) is 3.54. The molecule has 3 aromatic rings. The molecule has 0 bridgehead atoms. The van der Waals surface area contributed by atoms with E-state index >= 15 is 0 Å². The molecule has 0 saturated carbocycles. The van der Waals surface area contributed by atoms with Gasteiger partial charge >= 0.3 is 0 Å². The number of rotatable bonds is 5. The number of nitrogens with one attached hydrogen (secondary N) is 1. The summed E-state index contributed by atoms with van der Waals surface area (Å²) in [6.45, 7) is 0.220. The number of sulfonamides is 1. The van der Waals surface area contributed by atoms with Gasteiger partial charge in [-0.15, -0.1) is 0 Å². The zero-order valence-corrected chi connectivity index (χ0v) is 14.3. The predicted octanol–water partition coefficient (Wildman–Crippen LogP) is 3.88. The highest BCUT2D eigenvalue weighted by Crippen LogP contribution is 2.22. The second-order valence-electron chi connectivity index (χ2n) is 5.22. The van der Waals surface area contributed by atoms with Crippen LogP contribution in [0.1, 0.15) is 5.56 Å². The van der Waals surface area contributed by atoms with Crippen LogP contribution in [-0.2, 0) is 16.6 Å². The van der Waals surface area contributed by atoms with Crippen molar-refractivity contribution in [2.75, 3.05) is 0 Å². The molecule has 1 aromatic heterocycles. The van der Waals surface area contributed by atoms with Crippen molar-refractivity contribution in [1.82, 2.24) is 9.71 Å². The fraction of sp³-hybridized carbons (Fsp3) is 0.0556. The summed E-state index contributed by atoms with van der Waals surface area (Å²) in [5.41, 5.74) is 2.98. The first kappa shape index (κ1) is 16.6. The molecule has 0 atom stereocenters. The Bertz CT molecular complexity index is 909. The highest BCUT2D eigenvalue weighted by molar-refractivity contribution is 7.89. The Morgan fingerprint density at radius 1 is 0.917 bits per heavy atom. The Kier molecular flexibility index (Phi) is 4.94.